The van der Waals surface area contributed by atoms with E-state index in [0.717, 1.165) is 24.2 Å². The summed E-state index contributed by atoms with van der Waals surface area (Å²) in [6, 6.07) is 6.24. The molecular formula is C13H15FO2S. The number of aliphatic carboxylic acids is 1. The Bertz CT molecular complexity index is 418. The van der Waals surface area contributed by atoms with Gasteiger partial charge in [0.2, 0.25) is 0 Å². The molecule has 0 aromatic heterocycles. The standard InChI is InChI=1S/C13H15FO2S/c1-13(12(15)16)8-2-3-11(13)17-10-6-4-9(14)5-7-10/h4-7,11H,2-3,8H2,1H3,(H,15,16). The number of benzene rings is 1. The second kappa shape index (κ2) is 4.69. The summed E-state index contributed by atoms with van der Waals surface area (Å²) < 4.78 is 12.8. The molecular weight excluding hydrogens is 239 g/mol. The lowest BCUT2D eigenvalue weighted by atomic mass is 9.89. The van der Waals surface area contributed by atoms with Gasteiger partial charge in [0.1, 0.15) is 5.82 Å². The van der Waals surface area contributed by atoms with E-state index in [1.165, 1.54) is 12.1 Å². The Morgan fingerprint density at radius 3 is 2.71 bits per heavy atom. The maximum Gasteiger partial charge on any atom is 0.310 e. The Morgan fingerprint density at radius 2 is 2.12 bits per heavy atom. The number of carboxylic acid groups (broad SMARTS) is 1. The van der Waals surface area contributed by atoms with Gasteiger partial charge >= 0.3 is 5.97 Å². The molecule has 0 spiro atoms. The zero-order valence-electron chi connectivity index (χ0n) is 9.65. The first-order valence-corrected chi connectivity index (χ1v) is 6.56. The van der Waals surface area contributed by atoms with Crippen molar-refractivity contribution < 1.29 is 14.3 Å². The van der Waals surface area contributed by atoms with Gasteiger partial charge in [-0.1, -0.05) is 6.42 Å². The van der Waals surface area contributed by atoms with Gasteiger partial charge in [-0.15, -0.1) is 11.8 Å². The van der Waals surface area contributed by atoms with Gasteiger partial charge in [-0.3, -0.25) is 4.79 Å². The van der Waals surface area contributed by atoms with Crippen LogP contribution in [0.3, 0.4) is 0 Å². The molecule has 2 unspecified atom stereocenters. The molecule has 0 radical (unpaired) electrons. The average molecular weight is 254 g/mol. The zero-order valence-corrected chi connectivity index (χ0v) is 10.5. The third kappa shape index (κ3) is 2.46. The number of hydrogen-bond acceptors (Lipinski definition) is 2. The molecule has 17 heavy (non-hydrogen) atoms. The van der Waals surface area contributed by atoms with Crippen LogP contribution < -0.4 is 0 Å². The van der Waals surface area contributed by atoms with E-state index in [2.05, 4.69) is 0 Å². The normalized spacial score (nSPS) is 28.2. The highest BCUT2D eigenvalue weighted by atomic mass is 32.2. The van der Waals surface area contributed by atoms with Crippen LogP contribution in [0, 0.1) is 11.2 Å². The lowest BCUT2D eigenvalue weighted by Crippen LogP contribution is -2.33. The molecule has 1 aliphatic carbocycles. The summed E-state index contributed by atoms with van der Waals surface area (Å²) in [6.07, 6.45) is 2.58. The number of thioether (sulfide) groups is 1. The van der Waals surface area contributed by atoms with Gasteiger partial charge in [0.25, 0.3) is 0 Å². The van der Waals surface area contributed by atoms with E-state index < -0.39 is 11.4 Å². The fourth-order valence-electron chi connectivity index (χ4n) is 2.25. The first kappa shape index (κ1) is 12.4. The van der Waals surface area contributed by atoms with Crippen molar-refractivity contribution in [1.29, 1.82) is 0 Å². The van der Waals surface area contributed by atoms with Gasteiger partial charge in [-0.25, -0.2) is 4.39 Å². The van der Waals surface area contributed by atoms with Crippen LogP contribution >= 0.6 is 11.8 Å². The quantitative estimate of drug-likeness (QED) is 0.896. The largest absolute Gasteiger partial charge is 0.481 e. The van der Waals surface area contributed by atoms with Gasteiger partial charge in [-0.05, 0) is 44.0 Å². The highest BCUT2D eigenvalue weighted by Crippen LogP contribution is 2.47. The highest BCUT2D eigenvalue weighted by molar-refractivity contribution is 8.00. The number of carboxylic acids is 1. The summed E-state index contributed by atoms with van der Waals surface area (Å²) in [6.45, 7) is 1.81. The molecule has 0 aliphatic heterocycles. The zero-order chi connectivity index (χ0) is 12.5. The van der Waals surface area contributed by atoms with E-state index in [1.54, 1.807) is 23.9 Å². The van der Waals surface area contributed by atoms with E-state index >= 15 is 0 Å². The third-order valence-electron chi connectivity index (χ3n) is 3.45. The first-order chi connectivity index (χ1) is 8.02. The molecule has 1 saturated carbocycles. The number of carbonyl (C=O) groups is 1. The Kier molecular flexibility index (Phi) is 3.43. The maximum atomic E-state index is 12.8. The lowest BCUT2D eigenvalue weighted by Gasteiger charge is -2.26. The van der Waals surface area contributed by atoms with Gasteiger partial charge < -0.3 is 5.11 Å². The number of rotatable bonds is 3. The molecule has 4 heteroatoms. The van der Waals surface area contributed by atoms with Crippen LogP contribution in [0.1, 0.15) is 26.2 Å². The molecule has 92 valence electrons. The fraction of sp³-hybridized carbons (Fsp3) is 0.462. The van der Waals surface area contributed by atoms with Crippen LogP contribution in [-0.2, 0) is 4.79 Å². The molecule has 2 atom stereocenters. The molecule has 1 N–H and O–H groups in total. The van der Waals surface area contributed by atoms with Crippen LogP contribution in [0.4, 0.5) is 4.39 Å². The minimum Gasteiger partial charge on any atom is -0.481 e. The molecule has 1 fully saturated rings. The van der Waals surface area contributed by atoms with E-state index in [4.69, 9.17) is 0 Å². The number of halogens is 1. The maximum absolute atomic E-state index is 12.8. The lowest BCUT2D eigenvalue weighted by molar-refractivity contribution is -0.147. The van der Waals surface area contributed by atoms with Gasteiger partial charge in [0.15, 0.2) is 0 Å². The Labute approximate surface area is 104 Å². The predicted molar refractivity (Wildman–Crippen MR) is 65.6 cm³/mol. The van der Waals surface area contributed by atoms with Crippen molar-refractivity contribution in [3.8, 4) is 0 Å². The Hall–Kier alpha value is -1.03. The molecule has 0 amide bonds. The van der Waals surface area contributed by atoms with E-state index in [0.29, 0.717) is 0 Å². The van der Waals surface area contributed by atoms with Crippen LogP contribution in [0.25, 0.3) is 0 Å². The second-order valence-corrected chi connectivity index (χ2v) is 5.95. The fourth-order valence-corrected chi connectivity index (χ4v) is 3.63. The SMILES string of the molecule is CC1(C(=O)O)CCCC1Sc1ccc(F)cc1. The number of hydrogen-bond donors (Lipinski definition) is 1. The van der Waals surface area contributed by atoms with Gasteiger partial charge in [-0.2, -0.15) is 0 Å². The van der Waals surface area contributed by atoms with Crippen molar-refractivity contribution >= 4 is 17.7 Å². The molecule has 0 heterocycles. The Balaban J connectivity index is 2.13. The molecule has 0 saturated heterocycles. The van der Waals surface area contributed by atoms with Crippen molar-refractivity contribution in [2.24, 2.45) is 5.41 Å². The van der Waals surface area contributed by atoms with E-state index in [-0.39, 0.29) is 11.1 Å². The first-order valence-electron chi connectivity index (χ1n) is 5.68. The summed E-state index contributed by atoms with van der Waals surface area (Å²) in [5, 5.41) is 9.37. The Morgan fingerprint density at radius 1 is 1.47 bits per heavy atom. The van der Waals surface area contributed by atoms with Crippen LogP contribution in [-0.4, -0.2) is 16.3 Å². The molecule has 1 aromatic rings. The third-order valence-corrected chi connectivity index (χ3v) is 5.04. The van der Waals surface area contributed by atoms with Crippen LogP contribution in [0.15, 0.2) is 29.2 Å². The molecule has 2 nitrogen and oxygen atoms in total. The van der Waals surface area contributed by atoms with E-state index in [9.17, 15) is 14.3 Å². The summed E-state index contributed by atoms with van der Waals surface area (Å²) in [4.78, 5) is 12.2. The van der Waals surface area contributed by atoms with Crippen LogP contribution in [0.5, 0.6) is 0 Å². The smallest absolute Gasteiger partial charge is 0.310 e. The summed E-state index contributed by atoms with van der Waals surface area (Å²) in [5.41, 5.74) is -0.654. The topological polar surface area (TPSA) is 37.3 Å². The van der Waals surface area contributed by atoms with Crippen molar-refractivity contribution in [1.82, 2.24) is 0 Å². The molecule has 1 aromatic carbocycles. The minimum atomic E-state index is -0.727. The second-order valence-electron chi connectivity index (χ2n) is 4.68. The van der Waals surface area contributed by atoms with Crippen molar-refractivity contribution in [2.75, 3.05) is 0 Å². The molecule has 2 rings (SSSR count). The molecule has 0 bridgehead atoms. The average Bonchev–Trinajstić information content (AvgIpc) is 2.65. The van der Waals surface area contributed by atoms with Crippen molar-refractivity contribution in [2.45, 2.75) is 36.3 Å². The summed E-state index contributed by atoms with van der Waals surface area (Å²) in [7, 11) is 0. The molecule has 1 aliphatic rings. The monoisotopic (exact) mass is 254 g/mol. The van der Waals surface area contributed by atoms with Crippen molar-refractivity contribution in [3.63, 3.8) is 0 Å². The minimum absolute atomic E-state index is 0.0745. The van der Waals surface area contributed by atoms with E-state index in [1.807, 2.05) is 6.92 Å². The summed E-state index contributed by atoms with van der Waals surface area (Å²) in [5.74, 6) is -0.989. The van der Waals surface area contributed by atoms with Crippen molar-refractivity contribution in [3.05, 3.63) is 30.1 Å². The summed E-state index contributed by atoms with van der Waals surface area (Å²) >= 11 is 1.55. The van der Waals surface area contributed by atoms with Gasteiger partial charge in [0.05, 0.1) is 5.41 Å². The highest BCUT2D eigenvalue weighted by Gasteiger charge is 2.45. The van der Waals surface area contributed by atoms with Crippen LogP contribution in [0.2, 0.25) is 0 Å². The van der Waals surface area contributed by atoms with Gasteiger partial charge in [0, 0.05) is 10.1 Å². The predicted octanol–water partition coefficient (Wildman–Crippen LogP) is 3.56.